The molecule has 0 saturated heterocycles. The Labute approximate surface area is 151 Å². The Kier molecular flexibility index (Phi) is 5.83. The van der Waals surface area contributed by atoms with Gasteiger partial charge in [0.05, 0.1) is 19.0 Å². The molecule has 0 aliphatic heterocycles. The number of nitrogens with zero attached hydrogens (tertiary/aromatic N) is 1. The van der Waals surface area contributed by atoms with Gasteiger partial charge < -0.3 is 9.47 Å². The second-order valence-electron chi connectivity index (χ2n) is 5.49. The van der Waals surface area contributed by atoms with Crippen molar-refractivity contribution in [2.75, 3.05) is 12.5 Å². The third-order valence-electron chi connectivity index (χ3n) is 3.73. The van der Waals surface area contributed by atoms with Crippen LogP contribution in [0.4, 0.5) is 10.1 Å². The SMILES string of the molecule is COc1cccc(C=NNc2ccccc2)c1OCc1ccccc1F. The van der Waals surface area contributed by atoms with Crippen LogP contribution >= 0.6 is 0 Å². The van der Waals surface area contributed by atoms with E-state index in [-0.39, 0.29) is 12.4 Å². The van der Waals surface area contributed by atoms with E-state index >= 15 is 0 Å². The minimum atomic E-state index is -0.302. The average molecular weight is 350 g/mol. The number of hydrogen-bond donors (Lipinski definition) is 1. The first-order chi connectivity index (χ1) is 12.8. The van der Waals surface area contributed by atoms with Gasteiger partial charge in [-0.2, -0.15) is 5.10 Å². The van der Waals surface area contributed by atoms with Crippen molar-refractivity contribution in [1.29, 1.82) is 0 Å². The maximum Gasteiger partial charge on any atom is 0.170 e. The number of methoxy groups -OCH3 is 1. The predicted molar refractivity (Wildman–Crippen MR) is 101 cm³/mol. The molecule has 0 spiro atoms. The van der Waals surface area contributed by atoms with Crippen molar-refractivity contribution in [2.45, 2.75) is 6.61 Å². The van der Waals surface area contributed by atoms with Gasteiger partial charge in [0.2, 0.25) is 0 Å². The van der Waals surface area contributed by atoms with Gasteiger partial charge in [0.1, 0.15) is 12.4 Å². The Morgan fingerprint density at radius 3 is 2.50 bits per heavy atom. The summed E-state index contributed by atoms with van der Waals surface area (Å²) in [5.41, 5.74) is 5.03. The maximum absolute atomic E-state index is 13.8. The van der Waals surface area contributed by atoms with Crippen molar-refractivity contribution in [1.82, 2.24) is 0 Å². The lowest BCUT2D eigenvalue weighted by molar-refractivity contribution is 0.279. The summed E-state index contributed by atoms with van der Waals surface area (Å²) in [6.45, 7) is 0.0972. The molecule has 0 heterocycles. The summed E-state index contributed by atoms with van der Waals surface area (Å²) in [6, 6.07) is 21.6. The lowest BCUT2D eigenvalue weighted by Gasteiger charge is -2.13. The number of nitrogens with one attached hydrogen (secondary N) is 1. The van der Waals surface area contributed by atoms with Crippen LogP contribution in [0.1, 0.15) is 11.1 Å². The fourth-order valence-electron chi connectivity index (χ4n) is 2.40. The zero-order chi connectivity index (χ0) is 18.2. The molecule has 4 nitrogen and oxygen atoms in total. The van der Waals surface area contributed by atoms with Crippen molar-refractivity contribution < 1.29 is 13.9 Å². The van der Waals surface area contributed by atoms with E-state index in [1.165, 1.54) is 6.07 Å². The Bertz CT molecular complexity index is 882. The fourth-order valence-corrected chi connectivity index (χ4v) is 2.40. The summed E-state index contributed by atoms with van der Waals surface area (Å²) in [4.78, 5) is 0. The van der Waals surface area contributed by atoms with Crippen molar-refractivity contribution >= 4 is 11.9 Å². The molecule has 0 unspecified atom stereocenters. The van der Waals surface area contributed by atoms with E-state index in [4.69, 9.17) is 9.47 Å². The topological polar surface area (TPSA) is 42.8 Å². The summed E-state index contributed by atoms with van der Waals surface area (Å²) in [6.07, 6.45) is 1.65. The first-order valence-corrected chi connectivity index (χ1v) is 8.15. The quantitative estimate of drug-likeness (QED) is 0.489. The van der Waals surface area contributed by atoms with E-state index in [0.29, 0.717) is 17.1 Å². The van der Waals surface area contributed by atoms with E-state index < -0.39 is 0 Å². The number of hydrogen-bond acceptors (Lipinski definition) is 4. The number of ether oxygens (including phenoxy) is 2. The Hall–Kier alpha value is -3.34. The molecule has 132 valence electrons. The molecule has 1 N–H and O–H groups in total. The number of hydrazone groups is 1. The van der Waals surface area contributed by atoms with Crippen LogP contribution in [-0.4, -0.2) is 13.3 Å². The molecule has 3 rings (SSSR count). The highest BCUT2D eigenvalue weighted by Gasteiger charge is 2.11. The number of anilines is 1. The standard InChI is InChI=1S/C21H19FN2O2/c1-25-20-13-7-9-16(14-23-24-18-10-3-2-4-11-18)21(20)26-15-17-8-5-6-12-19(17)22/h2-14,24H,15H2,1H3. The van der Waals surface area contributed by atoms with Crippen molar-refractivity contribution in [2.24, 2.45) is 5.10 Å². The summed E-state index contributed by atoms with van der Waals surface area (Å²) >= 11 is 0. The van der Waals surface area contributed by atoms with E-state index in [0.717, 1.165) is 11.3 Å². The smallest absolute Gasteiger partial charge is 0.170 e. The highest BCUT2D eigenvalue weighted by Crippen LogP contribution is 2.31. The molecule has 5 heteroatoms. The molecule has 26 heavy (non-hydrogen) atoms. The van der Waals surface area contributed by atoms with E-state index in [2.05, 4.69) is 10.5 Å². The van der Waals surface area contributed by atoms with Crippen LogP contribution in [-0.2, 0) is 6.61 Å². The summed E-state index contributed by atoms with van der Waals surface area (Å²) in [5, 5.41) is 4.24. The molecule has 0 saturated carbocycles. The van der Waals surface area contributed by atoms with Crippen LogP contribution in [0.5, 0.6) is 11.5 Å². The number of benzene rings is 3. The third kappa shape index (κ3) is 4.39. The largest absolute Gasteiger partial charge is 0.493 e. The Morgan fingerprint density at radius 1 is 0.962 bits per heavy atom. The maximum atomic E-state index is 13.8. The van der Waals surface area contributed by atoms with Gasteiger partial charge in [0.15, 0.2) is 11.5 Å². The fraction of sp³-hybridized carbons (Fsp3) is 0.0952. The predicted octanol–water partition coefficient (Wildman–Crippen LogP) is 4.86. The van der Waals surface area contributed by atoms with Crippen LogP contribution in [0.25, 0.3) is 0 Å². The van der Waals surface area contributed by atoms with Crippen molar-refractivity contribution in [3.8, 4) is 11.5 Å². The molecule has 3 aromatic carbocycles. The normalized spacial score (nSPS) is 10.7. The van der Waals surface area contributed by atoms with Gasteiger partial charge in [-0.15, -0.1) is 0 Å². The lowest BCUT2D eigenvalue weighted by atomic mass is 10.2. The summed E-state index contributed by atoms with van der Waals surface area (Å²) in [7, 11) is 1.56. The third-order valence-corrected chi connectivity index (χ3v) is 3.73. The molecular formula is C21H19FN2O2. The van der Waals surface area contributed by atoms with Gasteiger partial charge in [0.25, 0.3) is 0 Å². The van der Waals surface area contributed by atoms with Gasteiger partial charge in [-0.3, -0.25) is 5.43 Å². The minimum absolute atomic E-state index is 0.0972. The highest BCUT2D eigenvalue weighted by molar-refractivity contribution is 5.85. The monoisotopic (exact) mass is 350 g/mol. The first-order valence-electron chi connectivity index (χ1n) is 8.15. The Morgan fingerprint density at radius 2 is 1.73 bits per heavy atom. The van der Waals surface area contributed by atoms with E-state index in [1.807, 2.05) is 42.5 Å². The molecule has 0 fully saturated rings. The lowest BCUT2D eigenvalue weighted by Crippen LogP contribution is -2.03. The molecule has 0 aromatic heterocycles. The highest BCUT2D eigenvalue weighted by atomic mass is 19.1. The Balaban J connectivity index is 1.78. The number of halogens is 1. The zero-order valence-corrected chi connectivity index (χ0v) is 14.4. The molecule has 0 amide bonds. The first kappa shape index (κ1) is 17.5. The van der Waals surface area contributed by atoms with Gasteiger partial charge in [0, 0.05) is 11.1 Å². The van der Waals surface area contributed by atoms with E-state index in [9.17, 15) is 4.39 Å². The van der Waals surface area contributed by atoms with Crippen LogP contribution in [0.15, 0.2) is 77.9 Å². The minimum Gasteiger partial charge on any atom is -0.493 e. The molecule has 0 radical (unpaired) electrons. The van der Waals surface area contributed by atoms with Crippen LogP contribution in [0.3, 0.4) is 0 Å². The van der Waals surface area contributed by atoms with Crippen LogP contribution in [0, 0.1) is 5.82 Å². The van der Waals surface area contributed by atoms with Crippen molar-refractivity contribution in [3.63, 3.8) is 0 Å². The molecule has 3 aromatic rings. The second kappa shape index (κ2) is 8.67. The summed E-state index contributed by atoms with van der Waals surface area (Å²) < 4.78 is 25.0. The van der Waals surface area contributed by atoms with Crippen LogP contribution < -0.4 is 14.9 Å². The summed E-state index contributed by atoms with van der Waals surface area (Å²) in [5.74, 6) is 0.769. The van der Waals surface area contributed by atoms with Crippen LogP contribution in [0.2, 0.25) is 0 Å². The van der Waals surface area contributed by atoms with Gasteiger partial charge in [-0.1, -0.05) is 42.5 Å². The molecule has 0 atom stereocenters. The molecule has 0 bridgehead atoms. The van der Waals surface area contributed by atoms with Crippen molar-refractivity contribution in [3.05, 3.63) is 89.7 Å². The number of para-hydroxylation sites is 2. The average Bonchev–Trinajstić information content (AvgIpc) is 2.68. The zero-order valence-electron chi connectivity index (χ0n) is 14.4. The number of rotatable bonds is 7. The van der Waals surface area contributed by atoms with Gasteiger partial charge >= 0.3 is 0 Å². The van der Waals surface area contributed by atoms with E-state index in [1.54, 1.807) is 37.6 Å². The molecule has 0 aliphatic carbocycles. The molecule has 0 aliphatic rings. The second-order valence-corrected chi connectivity index (χ2v) is 5.49. The molecular weight excluding hydrogens is 331 g/mol. The van der Waals surface area contributed by atoms with Gasteiger partial charge in [-0.25, -0.2) is 4.39 Å². The van der Waals surface area contributed by atoms with Gasteiger partial charge in [-0.05, 0) is 30.3 Å².